The molecule has 0 fully saturated rings. The third kappa shape index (κ3) is 3.83. The number of benzene rings is 2. The van der Waals surface area contributed by atoms with E-state index in [-0.39, 0.29) is 18.1 Å². The molecular weight excluding hydrogens is 293 g/mol. The second kappa shape index (κ2) is 6.87. The lowest BCUT2D eigenvalue weighted by atomic mass is 10.1. The monoisotopic (exact) mass is 309 g/mol. The zero-order valence-corrected chi connectivity index (χ0v) is 12.4. The van der Waals surface area contributed by atoms with Gasteiger partial charge >= 0.3 is 0 Å². The van der Waals surface area contributed by atoms with E-state index in [1.165, 1.54) is 6.07 Å². The van der Waals surface area contributed by atoms with Crippen LogP contribution in [0.25, 0.3) is 5.69 Å². The Morgan fingerprint density at radius 3 is 2.61 bits per heavy atom. The Hall–Kier alpha value is -2.95. The van der Waals surface area contributed by atoms with Gasteiger partial charge in [0.15, 0.2) is 0 Å². The molecule has 0 spiro atoms. The third-order valence-corrected chi connectivity index (χ3v) is 3.46. The molecule has 116 valence electrons. The van der Waals surface area contributed by atoms with Crippen LogP contribution in [0.15, 0.2) is 67.0 Å². The fourth-order valence-corrected chi connectivity index (χ4v) is 2.25. The summed E-state index contributed by atoms with van der Waals surface area (Å²) in [6, 6.07) is 16.0. The Kier molecular flexibility index (Phi) is 4.47. The van der Waals surface area contributed by atoms with E-state index in [2.05, 4.69) is 10.4 Å². The maximum atomic E-state index is 13.5. The Morgan fingerprint density at radius 1 is 1.09 bits per heavy atom. The lowest BCUT2D eigenvalue weighted by Gasteiger charge is -2.04. The average molecular weight is 309 g/mol. The Balaban J connectivity index is 1.58. The van der Waals surface area contributed by atoms with E-state index >= 15 is 0 Å². The van der Waals surface area contributed by atoms with Gasteiger partial charge in [0.2, 0.25) is 5.91 Å². The van der Waals surface area contributed by atoms with Crippen LogP contribution >= 0.6 is 0 Å². The van der Waals surface area contributed by atoms with Gasteiger partial charge in [0.25, 0.3) is 0 Å². The van der Waals surface area contributed by atoms with Gasteiger partial charge in [-0.1, -0.05) is 36.4 Å². The number of amides is 1. The molecule has 0 saturated carbocycles. The van der Waals surface area contributed by atoms with Crippen molar-refractivity contribution in [3.05, 3.63) is 83.9 Å². The minimum atomic E-state index is -0.362. The molecule has 0 aliphatic heterocycles. The molecule has 0 aliphatic carbocycles. The molecule has 1 amide bonds. The van der Waals surface area contributed by atoms with Crippen LogP contribution in [0.2, 0.25) is 0 Å². The predicted molar refractivity (Wildman–Crippen MR) is 85.5 cm³/mol. The zero-order chi connectivity index (χ0) is 16.1. The molecule has 5 heteroatoms. The van der Waals surface area contributed by atoms with Gasteiger partial charge in [0.05, 0.1) is 18.3 Å². The zero-order valence-electron chi connectivity index (χ0n) is 12.4. The molecule has 4 nitrogen and oxygen atoms in total. The molecule has 1 heterocycles. The minimum absolute atomic E-state index is 0.0273. The maximum Gasteiger partial charge on any atom is 0.224 e. The van der Waals surface area contributed by atoms with Crippen molar-refractivity contribution in [1.82, 2.24) is 15.1 Å². The normalized spacial score (nSPS) is 10.5. The molecular formula is C18H16FN3O. The number of hydrogen-bond acceptors (Lipinski definition) is 2. The van der Waals surface area contributed by atoms with Crippen molar-refractivity contribution in [3.63, 3.8) is 0 Å². The SMILES string of the molecule is O=C(Cc1ccccc1F)NCc1cnn(-c2ccccc2)c1. The average Bonchev–Trinajstić information content (AvgIpc) is 3.05. The molecule has 3 aromatic rings. The van der Waals surface area contributed by atoms with Crippen LogP contribution in [0.3, 0.4) is 0 Å². The summed E-state index contributed by atoms with van der Waals surface area (Å²) >= 11 is 0. The van der Waals surface area contributed by atoms with Crippen LogP contribution in [-0.2, 0) is 17.8 Å². The van der Waals surface area contributed by atoms with Crippen molar-refractivity contribution in [3.8, 4) is 5.69 Å². The van der Waals surface area contributed by atoms with Gasteiger partial charge in [-0.05, 0) is 23.8 Å². The molecule has 0 radical (unpaired) electrons. The first kappa shape index (κ1) is 15.0. The number of halogens is 1. The number of nitrogens with zero attached hydrogens (tertiary/aromatic N) is 2. The first-order valence-electron chi connectivity index (χ1n) is 7.31. The highest BCUT2D eigenvalue weighted by atomic mass is 19.1. The van der Waals surface area contributed by atoms with Gasteiger partial charge in [-0.25, -0.2) is 9.07 Å². The quantitative estimate of drug-likeness (QED) is 0.788. The smallest absolute Gasteiger partial charge is 0.224 e. The predicted octanol–water partition coefficient (Wildman–Crippen LogP) is 2.87. The van der Waals surface area contributed by atoms with E-state index in [0.29, 0.717) is 12.1 Å². The summed E-state index contributed by atoms with van der Waals surface area (Å²) in [7, 11) is 0. The van der Waals surface area contributed by atoms with Crippen LogP contribution in [-0.4, -0.2) is 15.7 Å². The molecule has 0 saturated heterocycles. The highest BCUT2D eigenvalue weighted by molar-refractivity contribution is 5.78. The summed E-state index contributed by atoms with van der Waals surface area (Å²) in [5.74, 6) is -0.581. The Labute approximate surface area is 133 Å². The van der Waals surface area contributed by atoms with Gasteiger partial charge in [-0.2, -0.15) is 5.10 Å². The number of carbonyl (C=O) groups is 1. The van der Waals surface area contributed by atoms with Crippen molar-refractivity contribution in [1.29, 1.82) is 0 Å². The largest absolute Gasteiger partial charge is 0.352 e. The molecule has 1 N–H and O–H groups in total. The Bertz CT molecular complexity index is 799. The molecule has 0 bridgehead atoms. The highest BCUT2D eigenvalue weighted by Crippen LogP contribution is 2.09. The van der Waals surface area contributed by atoms with E-state index in [4.69, 9.17) is 0 Å². The first-order chi connectivity index (χ1) is 11.2. The molecule has 0 unspecified atom stereocenters. The first-order valence-corrected chi connectivity index (χ1v) is 7.31. The topological polar surface area (TPSA) is 46.9 Å². The second-order valence-corrected chi connectivity index (χ2v) is 5.17. The molecule has 2 aromatic carbocycles. The third-order valence-electron chi connectivity index (χ3n) is 3.46. The number of aromatic nitrogens is 2. The summed E-state index contributed by atoms with van der Waals surface area (Å²) in [6.45, 7) is 0.361. The van der Waals surface area contributed by atoms with Crippen LogP contribution < -0.4 is 5.32 Å². The number of para-hydroxylation sites is 1. The Morgan fingerprint density at radius 2 is 1.83 bits per heavy atom. The molecule has 23 heavy (non-hydrogen) atoms. The number of rotatable bonds is 5. The second-order valence-electron chi connectivity index (χ2n) is 5.17. The van der Waals surface area contributed by atoms with E-state index in [1.54, 1.807) is 29.1 Å². The van der Waals surface area contributed by atoms with Crippen molar-refractivity contribution in [2.45, 2.75) is 13.0 Å². The summed E-state index contributed by atoms with van der Waals surface area (Å²) in [6.07, 6.45) is 3.59. The lowest BCUT2D eigenvalue weighted by molar-refractivity contribution is -0.120. The van der Waals surface area contributed by atoms with Gasteiger partial charge in [0, 0.05) is 18.3 Å². The highest BCUT2D eigenvalue weighted by Gasteiger charge is 2.08. The lowest BCUT2D eigenvalue weighted by Crippen LogP contribution is -2.24. The molecule has 0 atom stereocenters. The van der Waals surface area contributed by atoms with E-state index in [9.17, 15) is 9.18 Å². The van der Waals surface area contributed by atoms with Crippen LogP contribution in [0.1, 0.15) is 11.1 Å². The van der Waals surface area contributed by atoms with Crippen molar-refractivity contribution in [2.75, 3.05) is 0 Å². The fraction of sp³-hybridized carbons (Fsp3) is 0.111. The summed E-state index contributed by atoms with van der Waals surface area (Å²) in [5.41, 5.74) is 2.23. The van der Waals surface area contributed by atoms with E-state index < -0.39 is 0 Å². The van der Waals surface area contributed by atoms with E-state index in [0.717, 1.165) is 11.3 Å². The minimum Gasteiger partial charge on any atom is -0.352 e. The fourth-order valence-electron chi connectivity index (χ4n) is 2.25. The van der Waals surface area contributed by atoms with Crippen molar-refractivity contribution < 1.29 is 9.18 Å². The van der Waals surface area contributed by atoms with Crippen LogP contribution in [0, 0.1) is 5.82 Å². The number of nitrogens with one attached hydrogen (secondary N) is 1. The number of hydrogen-bond donors (Lipinski definition) is 1. The standard InChI is InChI=1S/C18H16FN3O/c19-17-9-5-4-6-15(17)10-18(23)20-11-14-12-21-22(13-14)16-7-2-1-3-8-16/h1-9,12-13H,10-11H2,(H,20,23). The van der Waals surface area contributed by atoms with Gasteiger partial charge in [0.1, 0.15) is 5.82 Å². The van der Waals surface area contributed by atoms with Crippen LogP contribution in [0.5, 0.6) is 0 Å². The van der Waals surface area contributed by atoms with E-state index in [1.807, 2.05) is 36.5 Å². The van der Waals surface area contributed by atoms with Gasteiger partial charge < -0.3 is 5.32 Å². The summed E-state index contributed by atoms with van der Waals surface area (Å²) in [4.78, 5) is 11.9. The number of carbonyl (C=O) groups excluding carboxylic acids is 1. The van der Waals surface area contributed by atoms with Crippen molar-refractivity contribution in [2.24, 2.45) is 0 Å². The molecule has 1 aromatic heterocycles. The molecule has 3 rings (SSSR count). The van der Waals surface area contributed by atoms with Gasteiger partial charge in [-0.15, -0.1) is 0 Å². The van der Waals surface area contributed by atoms with Crippen molar-refractivity contribution >= 4 is 5.91 Å². The maximum absolute atomic E-state index is 13.5. The summed E-state index contributed by atoms with van der Waals surface area (Å²) < 4.78 is 15.3. The van der Waals surface area contributed by atoms with Gasteiger partial charge in [-0.3, -0.25) is 4.79 Å². The molecule has 0 aliphatic rings. The summed E-state index contributed by atoms with van der Waals surface area (Å²) in [5, 5.41) is 7.05. The van der Waals surface area contributed by atoms with Crippen LogP contribution in [0.4, 0.5) is 4.39 Å².